The number of rotatable bonds is 1. The number of methoxy groups -OCH3 is 1. The van der Waals surface area contributed by atoms with Crippen LogP contribution in [-0.4, -0.2) is 23.0 Å². The van der Waals surface area contributed by atoms with Crippen LogP contribution in [0.3, 0.4) is 0 Å². The van der Waals surface area contributed by atoms with Gasteiger partial charge in [0.25, 0.3) is 0 Å². The normalized spacial score (nSPS) is 9.42. The Hall–Kier alpha value is -1.85. The van der Waals surface area contributed by atoms with E-state index < -0.39 is 5.97 Å². The van der Waals surface area contributed by atoms with E-state index in [0.29, 0.717) is 0 Å². The van der Waals surface area contributed by atoms with Crippen molar-refractivity contribution in [2.45, 2.75) is 0 Å². The van der Waals surface area contributed by atoms with Gasteiger partial charge < -0.3 is 16.2 Å². The third-order valence-corrected chi connectivity index (χ3v) is 1.20. The SMILES string of the molecule is COC(=O)c1nc(N)cnc1N. The quantitative estimate of drug-likeness (QED) is 0.544. The van der Waals surface area contributed by atoms with Gasteiger partial charge in [0.15, 0.2) is 11.5 Å². The summed E-state index contributed by atoms with van der Waals surface area (Å²) in [5, 5.41) is 0. The lowest BCUT2D eigenvalue weighted by Gasteiger charge is -2.01. The summed E-state index contributed by atoms with van der Waals surface area (Å²) in [5.74, 6) is -0.507. The Balaban J connectivity index is 3.13. The molecule has 0 bridgehead atoms. The molecule has 1 aromatic heterocycles. The van der Waals surface area contributed by atoms with Crippen molar-refractivity contribution in [2.24, 2.45) is 0 Å². The van der Waals surface area contributed by atoms with E-state index in [2.05, 4.69) is 14.7 Å². The molecule has 0 aliphatic carbocycles. The summed E-state index contributed by atoms with van der Waals surface area (Å²) in [6.07, 6.45) is 1.27. The summed E-state index contributed by atoms with van der Waals surface area (Å²) in [6.45, 7) is 0. The minimum atomic E-state index is -0.646. The molecule has 0 saturated carbocycles. The van der Waals surface area contributed by atoms with Gasteiger partial charge in [0, 0.05) is 0 Å². The van der Waals surface area contributed by atoms with E-state index in [4.69, 9.17) is 11.5 Å². The highest BCUT2D eigenvalue weighted by Crippen LogP contribution is 2.07. The van der Waals surface area contributed by atoms with Gasteiger partial charge in [-0.1, -0.05) is 0 Å². The topological polar surface area (TPSA) is 104 Å². The lowest BCUT2D eigenvalue weighted by molar-refractivity contribution is 0.0595. The van der Waals surface area contributed by atoms with Crippen molar-refractivity contribution >= 4 is 17.6 Å². The number of ether oxygens (including phenoxy) is 1. The third kappa shape index (κ3) is 1.42. The molecule has 6 nitrogen and oxygen atoms in total. The Morgan fingerprint density at radius 3 is 2.83 bits per heavy atom. The van der Waals surface area contributed by atoms with Gasteiger partial charge in [0.1, 0.15) is 5.82 Å². The number of anilines is 2. The van der Waals surface area contributed by atoms with E-state index in [-0.39, 0.29) is 17.3 Å². The van der Waals surface area contributed by atoms with E-state index in [1.807, 2.05) is 0 Å². The molecule has 0 atom stereocenters. The Kier molecular flexibility index (Phi) is 2.09. The van der Waals surface area contributed by atoms with Gasteiger partial charge in [0.05, 0.1) is 13.3 Å². The van der Waals surface area contributed by atoms with Gasteiger partial charge in [-0.25, -0.2) is 14.8 Å². The molecule has 0 aromatic carbocycles. The second-order valence-electron chi connectivity index (χ2n) is 2.02. The monoisotopic (exact) mass is 168 g/mol. The smallest absolute Gasteiger partial charge is 0.360 e. The number of nitrogen functional groups attached to an aromatic ring is 2. The average molecular weight is 168 g/mol. The van der Waals surface area contributed by atoms with Crippen LogP contribution in [0.15, 0.2) is 6.20 Å². The van der Waals surface area contributed by atoms with Crippen LogP contribution in [0.1, 0.15) is 10.5 Å². The highest BCUT2D eigenvalue weighted by Gasteiger charge is 2.12. The van der Waals surface area contributed by atoms with Crippen molar-refractivity contribution < 1.29 is 9.53 Å². The molecule has 1 aromatic rings. The van der Waals surface area contributed by atoms with Crippen LogP contribution in [-0.2, 0) is 4.74 Å². The second-order valence-corrected chi connectivity index (χ2v) is 2.02. The van der Waals surface area contributed by atoms with Crippen LogP contribution in [0.4, 0.5) is 11.6 Å². The Morgan fingerprint density at radius 1 is 1.58 bits per heavy atom. The summed E-state index contributed by atoms with van der Waals surface area (Å²) in [5.41, 5.74) is 10.6. The molecule has 1 heterocycles. The van der Waals surface area contributed by atoms with Crippen LogP contribution in [0, 0.1) is 0 Å². The Labute approximate surface area is 68.6 Å². The summed E-state index contributed by atoms with van der Waals surface area (Å²) in [4.78, 5) is 18.2. The van der Waals surface area contributed by atoms with Crippen molar-refractivity contribution in [1.29, 1.82) is 0 Å². The highest BCUT2D eigenvalue weighted by molar-refractivity contribution is 5.92. The maximum absolute atomic E-state index is 10.9. The minimum absolute atomic E-state index is 0.0102. The van der Waals surface area contributed by atoms with Crippen LogP contribution < -0.4 is 11.5 Å². The van der Waals surface area contributed by atoms with Gasteiger partial charge in [-0.3, -0.25) is 0 Å². The first kappa shape index (κ1) is 8.25. The highest BCUT2D eigenvalue weighted by atomic mass is 16.5. The second kappa shape index (κ2) is 3.04. The number of hydrogen-bond acceptors (Lipinski definition) is 6. The average Bonchev–Trinajstić information content (AvgIpc) is 2.08. The maximum Gasteiger partial charge on any atom is 0.360 e. The number of nitrogens with two attached hydrogens (primary N) is 2. The molecule has 0 radical (unpaired) electrons. The number of hydrogen-bond donors (Lipinski definition) is 2. The van der Waals surface area contributed by atoms with Crippen molar-refractivity contribution in [2.75, 3.05) is 18.6 Å². The molecule has 0 fully saturated rings. The largest absolute Gasteiger partial charge is 0.464 e. The van der Waals surface area contributed by atoms with Crippen molar-refractivity contribution in [3.05, 3.63) is 11.9 Å². The van der Waals surface area contributed by atoms with Gasteiger partial charge >= 0.3 is 5.97 Å². The maximum atomic E-state index is 10.9. The van der Waals surface area contributed by atoms with Crippen LogP contribution in [0.5, 0.6) is 0 Å². The Morgan fingerprint density at radius 2 is 2.25 bits per heavy atom. The van der Waals surface area contributed by atoms with E-state index in [0.717, 1.165) is 0 Å². The number of esters is 1. The summed E-state index contributed by atoms with van der Waals surface area (Å²) < 4.78 is 4.40. The molecule has 0 spiro atoms. The number of carbonyl (C=O) groups excluding carboxylic acids is 1. The predicted octanol–water partition coefficient (Wildman–Crippen LogP) is -0.572. The first-order valence-electron chi connectivity index (χ1n) is 3.11. The first-order valence-corrected chi connectivity index (χ1v) is 3.11. The molecule has 0 saturated heterocycles. The van der Waals surface area contributed by atoms with Gasteiger partial charge in [-0.15, -0.1) is 0 Å². The summed E-state index contributed by atoms with van der Waals surface area (Å²) >= 11 is 0. The third-order valence-electron chi connectivity index (χ3n) is 1.20. The minimum Gasteiger partial charge on any atom is -0.464 e. The van der Waals surface area contributed by atoms with E-state index >= 15 is 0 Å². The molecule has 64 valence electrons. The molecule has 6 heteroatoms. The zero-order chi connectivity index (χ0) is 9.14. The molecular formula is C6H8N4O2. The fourth-order valence-electron chi connectivity index (χ4n) is 0.659. The van der Waals surface area contributed by atoms with Crippen LogP contribution >= 0.6 is 0 Å². The van der Waals surface area contributed by atoms with Crippen molar-refractivity contribution in [3.63, 3.8) is 0 Å². The molecule has 4 N–H and O–H groups in total. The van der Waals surface area contributed by atoms with Gasteiger partial charge in [-0.05, 0) is 0 Å². The fourth-order valence-corrected chi connectivity index (χ4v) is 0.659. The van der Waals surface area contributed by atoms with E-state index in [9.17, 15) is 4.79 Å². The lowest BCUT2D eigenvalue weighted by Crippen LogP contribution is -2.11. The molecular weight excluding hydrogens is 160 g/mol. The molecule has 0 aliphatic heterocycles. The first-order chi connectivity index (χ1) is 5.65. The molecule has 0 amide bonds. The molecule has 0 unspecified atom stereocenters. The number of aromatic nitrogens is 2. The predicted molar refractivity (Wildman–Crippen MR) is 42.2 cm³/mol. The number of carbonyl (C=O) groups is 1. The number of nitrogens with zero attached hydrogens (tertiary/aromatic N) is 2. The Bertz CT molecular complexity index is 312. The van der Waals surface area contributed by atoms with E-state index in [1.54, 1.807) is 0 Å². The van der Waals surface area contributed by atoms with Gasteiger partial charge in [-0.2, -0.15) is 0 Å². The van der Waals surface area contributed by atoms with Gasteiger partial charge in [0.2, 0.25) is 0 Å². The molecule has 1 rings (SSSR count). The van der Waals surface area contributed by atoms with Crippen molar-refractivity contribution in [3.8, 4) is 0 Å². The van der Waals surface area contributed by atoms with Crippen LogP contribution in [0.2, 0.25) is 0 Å². The molecule has 12 heavy (non-hydrogen) atoms. The zero-order valence-corrected chi connectivity index (χ0v) is 6.44. The van der Waals surface area contributed by atoms with Crippen molar-refractivity contribution in [1.82, 2.24) is 9.97 Å². The van der Waals surface area contributed by atoms with E-state index in [1.165, 1.54) is 13.3 Å². The fraction of sp³-hybridized carbons (Fsp3) is 0.167. The summed E-state index contributed by atoms with van der Waals surface area (Å²) in [7, 11) is 1.23. The lowest BCUT2D eigenvalue weighted by atomic mass is 10.4. The zero-order valence-electron chi connectivity index (χ0n) is 6.44. The standard InChI is InChI=1S/C6H8N4O2/c1-12-6(11)4-5(8)9-2-3(7)10-4/h2H,1H3,(H2,7,10)(H2,8,9). The van der Waals surface area contributed by atoms with Crippen LogP contribution in [0.25, 0.3) is 0 Å². The summed E-state index contributed by atoms with van der Waals surface area (Å²) in [6, 6.07) is 0. The molecule has 0 aliphatic rings.